The number of likely N-dealkylation sites (tertiary alicyclic amines) is 1. The number of H-pyrrole nitrogens is 1. The maximum atomic E-state index is 5.52. The van der Waals surface area contributed by atoms with Gasteiger partial charge in [-0.3, -0.25) is 4.98 Å². The summed E-state index contributed by atoms with van der Waals surface area (Å²) in [4.78, 5) is 10.3. The lowest BCUT2D eigenvalue weighted by molar-refractivity contribution is 0.214. The largest absolute Gasteiger partial charge is 0.494 e. The summed E-state index contributed by atoms with van der Waals surface area (Å²) in [6.45, 7) is 6.79. The van der Waals surface area contributed by atoms with Crippen LogP contribution in [0.5, 0.6) is 5.75 Å². The summed E-state index contributed by atoms with van der Waals surface area (Å²) in [6.07, 6.45) is 6.07. The standard InChI is InChI=1S/C23H30N4O/c1-16-20-14-18(17-7-11-27(12-8-17)13-10-24-2)4-5-21(20)26-23(16)19-6-9-25-15-22(19)28-3/h4-6,9,14-15,17,24,26H,7-8,10-13H2,1-3H3. The first-order valence-corrected chi connectivity index (χ1v) is 10.2. The SMILES string of the molecule is CNCCN1CCC(c2ccc3[nH]c(-c4ccncc4OC)c(C)c3c2)CC1. The molecule has 1 aliphatic rings. The highest BCUT2D eigenvalue weighted by Crippen LogP contribution is 2.37. The molecule has 1 saturated heterocycles. The molecule has 2 aromatic heterocycles. The van der Waals surface area contributed by atoms with Gasteiger partial charge in [-0.1, -0.05) is 6.07 Å². The van der Waals surface area contributed by atoms with Crippen LogP contribution in [0.2, 0.25) is 0 Å². The van der Waals surface area contributed by atoms with Crippen LogP contribution in [-0.2, 0) is 0 Å². The molecule has 148 valence electrons. The Labute approximate surface area is 167 Å². The monoisotopic (exact) mass is 378 g/mol. The number of aryl methyl sites for hydroxylation is 1. The highest BCUT2D eigenvalue weighted by molar-refractivity contribution is 5.92. The van der Waals surface area contributed by atoms with E-state index in [4.69, 9.17) is 4.74 Å². The molecule has 5 nitrogen and oxygen atoms in total. The highest BCUT2D eigenvalue weighted by atomic mass is 16.5. The van der Waals surface area contributed by atoms with Gasteiger partial charge in [0.15, 0.2) is 0 Å². The number of rotatable bonds is 6. The first kappa shape index (κ1) is 19.0. The van der Waals surface area contributed by atoms with Crippen LogP contribution in [0.4, 0.5) is 0 Å². The summed E-state index contributed by atoms with van der Waals surface area (Å²) >= 11 is 0. The minimum Gasteiger partial charge on any atom is -0.494 e. The number of piperidine rings is 1. The zero-order valence-corrected chi connectivity index (χ0v) is 17.1. The summed E-state index contributed by atoms with van der Waals surface area (Å²) in [5, 5.41) is 4.56. The van der Waals surface area contributed by atoms with Crippen molar-refractivity contribution in [2.24, 2.45) is 0 Å². The molecule has 2 N–H and O–H groups in total. The van der Waals surface area contributed by atoms with Crippen molar-refractivity contribution < 1.29 is 4.74 Å². The van der Waals surface area contributed by atoms with E-state index >= 15 is 0 Å². The number of aromatic amines is 1. The molecule has 0 amide bonds. The van der Waals surface area contributed by atoms with Crippen molar-refractivity contribution >= 4 is 10.9 Å². The Morgan fingerprint density at radius 1 is 1.25 bits per heavy atom. The zero-order valence-electron chi connectivity index (χ0n) is 17.1. The Kier molecular flexibility index (Phi) is 5.64. The van der Waals surface area contributed by atoms with Crippen LogP contribution in [0.3, 0.4) is 0 Å². The van der Waals surface area contributed by atoms with Crippen LogP contribution in [0, 0.1) is 6.92 Å². The third-order valence-electron chi connectivity index (χ3n) is 6.09. The van der Waals surface area contributed by atoms with E-state index in [2.05, 4.69) is 45.3 Å². The average molecular weight is 379 g/mol. The molecular formula is C23H30N4O. The van der Waals surface area contributed by atoms with Crippen LogP contribution < -0.4 is 10.1 Å². The van der Waals surface area contributed by atoms with Crippen molar-refractivity contribution in [2.45, 2.75) is 25.7 Å². The van der Waals surface area contributed by atoms with Crippen molar-refractivity contribution in [3.63, 3.8) is 0 Å². The van der Waals surface area contributed by atoms with Gasteiger partial charge in [-0.25, -0.2) is 0 Å². The molecular weight excluding hydrogens is 348 g/mol. The summed E-state index contributed by atoms with van der Waals surface area (Å²) in [7, 11) is 3.72. The summed E-state index contributed by atoms with van der Waals surface area (Å²) in [5.74, 6) is 1.45. The third kappa shape index (κ3) is 3.64. The summed E-state index contributed by atoms with van der Waals surface area (Å²) in [6, 6.07) is 8.95. The Hall–Kier alpha value is -2.37. The Morgan fingerprint density at radius 2 is 2.07 bits per heavy atom. The number of methoxy groups -OCH3 is 1. The van der Waals surface area contributed by atoms with Gasteiger partial charge in [-0.2, -0.15) is 0 Å². The number of pyridine rings is 1. The van der Waals surface area contributed by atoms with Gasteiger partial charge >= 0.3 is 0 Å². The predicted octanol–water partition coefficient (Wildman–Crippen LogP) is 3.95. The zero-order chi connectivity index (χ0) is 19.5. The normalized spacial score (nSPS) is 16.0. The topological polar surface area (TPSA) is 53.2 Å². The van der Waals surface area contributed by atoms with Gasteiger partial charge in [-0.05, 0) is 75.1 Å². The molecule has 0 atom stereocenters. The fourth-order valence-electron chi connectivity index (χ4n) is 4.38. The first-order valence-electron chi connectivity index (χ1n) is 10.2. The molecule has 3 heterocycles. The number of hydrogen-bond acceptors (Lipinski definition) is 4. The van der Waals surface area contributed by atoms with Gasteiger partial charge in [0, 0.05) is 35.8 Å². The van der Waals surface area contributed by atoms with E-state index in [1.54, 1.807) is 13.3 Å². The summed E-state index contributed by atoms with van der Waals surface area (Å²) < 4.78 is 5.52. The average Bonchev–Trinajstić information content (AvgIpc) is 3.08. The maximum absolute atomic E-state index is 5.52. The van der Waals surface area contributed by atoms with Gasteiger partial charge in [-0.15, -0.1) is 0 Å². The minimum atomic E-state index is 0.656. The van der Waals surface area contributed by atoms with E-state index in [0.717, 1.165) is 30.1 Å². The Morgan fingerprint density at radius 3 is 2.82 bits per heavy atom. The summed E-state index contributed by atoms with van der Waals surface area (Å²) in [5.41, 5.74) is 6.10. The molecule has 0 spiro atoms. The smallest absolute Gasteiger partial charge is 0.146 e. The molecule has 1 aliphatic heterocycles. The molecule has 28 heavy (non-hydrogen) atoms. The number of nitrogens with one attached hydrogen (secondary N) is 2. The number of benzene rings is 1. The van der Waals surface area contributed by atoms with Crippen molar-refractivity contribution in [3.8, 4) is 17.0 Å². The lowest BCUT2D eigenvalue weighted by atomic mass is 9.88. The number of hydrogen-bond donors (Lipinski definition) is 2. The van der Waals surface area contributed by atoms with Crippen LogP contribution in [0.1, 0.15) is 29.9 Å². The Balaban J connectivity index is 1.59. The first-order chi connectivity index (χ1) is 13.7. The second-order valence-electron chi connectivity index (χ2n) is 7.73. The number of ether oxygens (including phenoxy) is 1. The second-order valence-corrected chi connectivity index (χ2v) is 7.73. The molecule has 0 bridgehead atoms. The number of likely N-dealkylation sites (N-methyl/N-ethyl adjacent to an activating group) is 1. The molecule has 0 saturated carbocycles. The van der Waals surface area contributed by atoms with Gasteiger partial charge < -0.3 is 19.9 Å². The van der Waals surface area contributed by atoms with Crippen molar-refractivity contribution in [1.29, 1.82) is 0 Å². The van der Waals surface area contributed by atoms with Crippen molar-refractivity contribution in [2.75, 3.05) is 40.3 Å². The third-order valence-corrected chi connectivity index (χ3v) is 6.09. The van der Waals surface area contributed by atoms with Gasteiger partial charge in [0.05, 0.1) is 19.0 Å². The predicted molar refractivity (Wildman–Crippen MR) is 115 cm³/mol. The molecule has 5 heteroatoms. The van der Waals surface area contributed by atoms with Crippen molar-refractivity contribution in [3.05, 3.63) is 47.8 Å². The van der Waals surface area contributed by atoms with E-state index < -0.39 is 0 Å². The minimum absolute atomic E-state index is 0.656. The quantitative estimate of drug-likeness (QED) is 0.682. The fraction of sp³-hybridized carbons (Fsp3) is 0.435. The Bertz CT molecular complexity index is 941. The number of fused-ring (bicyclic) bond motifs is 1. The van der Waals surface area contributed by atoms with Crippen LogP contribution in [0.25, 0.3) is 22.2 Å². The van der Waals surface area contributed by atoms with Gasteiger partial charge in [0.25, 0.3) is 0 Å². The van der Waals surface area contributed by atoms with E-state index in [9.17, 15) is 0 Å². The second kappa shape index (κ2) is 8.33. The number of nitrogens with zero attached hydrogens (tertiary/aromatic N) is 2. The van der Waals surface area contributed by atoms with E-state index in [0.29, 0.717) is 5.92 Å². The van der Waals surface area contributed by atoms with E-state index in [1.807, 2.05) is 19.3 Å². The van der Waals surface area contributed by atoms with E-state index in [-0.39, 0.29) is 0 Å². The van der Waals surface area contributed by atoms with Crippen LogP contribution in [-0.4, -0.2) is 55.2 Å². The van der Waals surface area contributed by atoms with Crippen LogP contribution >= 0.6 is 0 Å². The molecule has 0 aliphatic carbocycles. The van der Waals surface area contributed by atoms with Crippen LogP contribution in [0.15, 0.2) is 36.7 Å². The van der Waals surface area contributed by atoms with Gasteiger partial charge in [0.2, 0.25) is 0 Å². The molecule has 0 radical (unpaired) electrons. The van der Waals surface area contributed by atoms with E-state index in [1.165, 1.54) is 48.0 Å². The molecule has 3 aromatic rings. The molecule has 4 rings (SSSR count). The maximum Gasteiger partial charge on any atom is 0.146 e. The lowest BCUT2D eigenvalue weighted by Crippen LogP contribution is -2.37. The number of aromatic nitrogens is 2. The highest BCUT2D eigenvalue weighted by Gasteiger charge is 2.21. The lowest BCUT2D eigenvalue weighted by Gasteiger charge is -2.32. The van der Waals surface area contributed by atoms with Gasteiger partial charge in [0.1, 0.15) is 5.75 Å². The van der Waals surface area contributed by atoms with Crippen molar-refractivity contribution in [1.82, 2.24) is 20.2 Å². The molecule has 0 unspecified atom stereocenters. The molecule has 1 fully saturated rings. The fourth-order valence-corrected chi connectivity index (χ4v) is 4.38. The molecule has 1 aromatic carbocycles.